The molecule has 92 valence electrons. The zero-order valence-corrected chi connectivity index (χ0v) is 11.0. The van der Waals surface area contributed by atoms with E-state index in [-0.39, 0.29) is 5.78 Å². The predicted molar refractivity (Wildman–Crippen MR) is 68.5 cm³/mol. The molecule has 0 bridgehead atoms. The predicted octanol–water partition coefficient (Wildman–Crippen LogP) is 3.62. The number of hydrogen-bond acceptors (Lipinski definition) is 2. The van der Waals surface area contributed by atoms with Crippen LogP contribution in [0.2, 0.25) is 0 Å². The van der Waals surface area contributed by atoms with Gasteiger partial charge in [-0.15, -0.1) is 0 Å². The van der Waals surface area contributed by atoms with Gasteiger partial charge in [-0.25, -0.2) is 0 Å². The van der Waals surface area contributed by atoms with Crippen LogP contribution in [0.15, 0.2) is 18.2 Å². The SMILES string of the molecule is Cc1ccc2c(c1)OC(C)(C)C(=O)CCC2C. The second-order valence-corrected chi connectivity index (χ2v) is 5.52. The smallest absolute Gasteiger partial charge is 0.175 e. The molecular formula is C15H20O2. The first-order valence-electron chi connectivity index (χ1n) is 6.23. The van der Waals surface area contributed by atoms with E-state index in [2.05, 4.69) is 19.1 Å². The molecule has 1 aliphatic heterocycles. The molecule has 0 radical (unpaired) electrons. The van der Waals surface area contributed by atoms with Gasteiger partial charge in [-0.1, -0.05) is 19.1 Å². The standard InChI is InChI=1S/C15H20O2/c1-10-5-7-12-11(2)6-8-14(16)15(3,4)17-13(12)9-10/h5,7,9,11H,6,8H2,1-4H3. The number of rotatable bonds is 0. The molecule has 0 fully saturated rings. The van der Waals surface area contributed by atoms with Crippen molar-refractivity contribution in [3.63, 3.8) is 0 Å². The highest BCUT2D eigenvalue weighted by molar-refractivity contribution is 5.87. The quantitative estimate of drug-likeness (QED) is 0.683. The molecule has 0 aromatic heterocycles. The molecule has 0 spiro atoms. The van der Waals surface area contributed by atoms with Crippen LogP contribution in [0.25, 0.3) is 0 Å². The average molecular weight is 232 g/mol. The molecule has 1 aliphatic rings. The third kappa shape index (κ3) is 2.36. The second-order valence-electron chi connectivity index (χ2n) is 5.52. The first kappa shape index (κ1) is 12.2. The van der Waals surface area contributed by atoms with Gasteiger partial charge < -0.3 is 4.74 Å². The fourth-order valence-electron chi connectivity index (χ4n) is 2.27. The number of carbonyl (C=O) groups is 1. The van der Waals surface area contributed by atoms with E-state index in [0.29, 0.717) is 12.3 Å². The molecule has 0 amide bonds. The Hall–Kier alpha value is -1.31. The molecule has 2 heteroatoms. The summed E-state index contributed by atoms with van der Waals surface area (Å²) in [7, 11) is 0. The zero-order chi connectivity index (χ0) is 12.6. The minimum Gasteiger partial charge on any atom is -0.480 e. The van der Waals surface area contributed by atoms with Crippen molar-refractivity contribution >= 4 is 5.78 Å². The van der Waals surface area contributed by atoms with Crippen LogP contribution in [0.3, 0.4) is 0 Å². The number of aryl methyl sites for hydroxylation is 1. The summed E-state index contributed by atoms with van der Waals surface area (Å²) in [5, 5.41) is 0. The van der Waals surface area contributed by atoms with Crippen molar-refractivity contribution in [2.24, 2.45) is 0 Å². The summed E-state index contributed by atoms with van der Waals surface area (Å²) in [5.74, 6) is 1.44. The third-order valence-electron chi connectivity index (χ3n) is 3.54. The maximum Gasteiger partial charge on any atom is 0.175 e. The lowest BCUT2D eigenvalue weighted by Gasteiger charge is -2.31. The minimum atomic E-state index is -0.706. The van der Waals surface area contributed by atoms with Gasteiger partial charge in [0.15, 0.2) is 11.4 Å². The van der Waals surface area contributed by atoms with Crippen molar-refractivity contribution in [2.75, 3.05) is 0 Å². The van der Waals surface area contributed by atoms with Crippen molar-refractivity contribution in [3.05, 3.63) is 29.3 Å². The van der Waals surface area contributed by atoms with Crippen LogP contribution < -0.4 is 4.74 Å². The third-order valence-corrected chi connectivity index (χ3v) is 3.54. The second kappa shape index (κ2) is 4.17. The van der Waals surface area contributed by atoms with Crippen LogP contribution in [0.1, 0.15) is 50.7 Å². The molecule has 1 aromatic carbocycles. The average Bonchev–Trinajstić information content (AvgIpc) is 2.23. The van der Waals surface area contributed by atoms with E-state index in [0.717, 1.165) is 12.2 Å². The highest BCUT2D eigenvalue weighted by Crippen LogP contribution is 2.36. The molecule has 0 aliphatic carbocycles. The lowest BCUT2D eigenvalue weighted by atomic mass is 9.88. The highest BCUT2D eigenvalue weighted by atomic mass is 16.5. The molecule has 2 rings (SSSR count). The van der Waals surface area contributed by atoms with E-state index in [9.17, 15) is 4.79 Å². The van der Waals surface area contributed by atoms with E-state index < -0.39 is 5.60 Å². The van der Waals surface area contributed by atoms with Crippen LogP contribution in [0, 0.1) is 6.92 Å². The van der Waals surface area contributed by atoms with Crippen LogP contribution in [0.4, 0.5) is 0 Å². The molecule has 2 nitrogen and oxygen atoms in total. The fraction of sp³-hybridized carbons (Fsp3) is 0.533. The Morgan fingerprint density at radius 3 is 2.76 bits per heavy atom. The van der Waals surface area contributed by atoms with Crippen LogP contribution >= 0.6 is 0 Å². The number of fused-ring (bicyclic) bond motifs is 1. The van der Waals surface area contributed by atoms with Crippen molar-refractivity contribution in [1.82, 2.24) is 0 Å². The maximum absolute atomic E-state index is 12.0. The molecule has 0 N–H and O–H groups in total. The van der Waals surface area contributed by atoms with Gasteiger partial charge in [0, 0.05) is 6.42 Å². The van der Waals surface area contributed by atoms with Crippen molar-refractivity contribution < 1.29 is 9.53 Å². The lowest BCUT2D eigenvalue weighted by molar-refractivity contribution is -0.132. The van der Waals surface area contributed by atoms with Gasteiger partial charge in [0.25, 0.3) is 0 Å². The lowest BCUT2D eigenvalue weighted by Crippen LogP contribution is -2.39. The fourth-order valence-corrected chi connectivity index (χ4v) is 2.27. The van der Waals surface area contributed by atoms with Gasteiger partial charge in [-0.2, -0.15) is 0 Å². The van der Waals surface area contributed by atoms with Gasteiger partial charge in [0.1, 0.15) is 5.75 Å². The van der Waals surface area contributed by atoms with E-state index in [1.165, 1.54) is 11.1 Å². The van der Waals surface area contributed by atoms with E-state index >= 15 is 0 Å². The number of Topliss-reactive ketones (excluding diaryl/α,β-unsaturated/α-hetero) is 1. The Kier molecular flexibility index (Phi) is 2.98. The monoisotopic (exact) mass is 232 g/mol. The van der Waals surface area contributed by atoms with Crippen LogP contribution in [0.5, 0.6) is 5.75 Å². The van der Waals surface area contributed by atoms with Gasteiger partial charge in [0.05, 0.1) is 0 Å². The van der Waals surface area contributed by atoms with Crippen LogP contribution in [-0.4, -0.2) is 11.4 Å². The van der Waals surface area contributed by atoms with Crippen molar-refractivity contribution in [2.45, 2.75) is 52.1 Å². The summed E-state index contributed by atoms with van der Waals surface area (Å²) in [6.07, 6.45) is 1.50. The zero-order valence-electron chi connectivity index (χ0n) is 11.0. The number of hydrogen-bond donors (Lipinski definition) is 0. The largest absolute Gasteiger partial charge is 0.480 e. The molecule has 1 atom stereocenters. The first-order chi connectivity index (χ1) is 7.90. The van der Waals surface area contributed by atoms with E-state index in [1.54, 1.807) is 0 Å². The molecule has 0 saturated heterocycles. The van der Waals surface area contributed by atoms with Gasteiger partial charge in [-0.05, 0) is 50.3 Å². The van der Waals surface area contributed by atoms with E-state index in [1.807, 2.05) is 26.8 Å². The Labute approximate surface area is 103 Å². The van der Waals surface area contributed by atoms with E-state index in [4.69, 9.17) is 4.74 Å². The highest BCUT2D eigenvalue weighted by Gasteiger charge is 2.33. The normalized spacial score (nSPS) is 23.3. The molecule has 0 saturated carbocycles. The Bertz CT molecular complexity index is 446. The maximum atomic E-state index is 12.0. The summed E-state index contributed by atoms with van der Waals surface area (Å²) in [5.41, 5.74) is 1.68. The Balaban J connectivity index is 2.48. The van der Waals surface area contributed by atoms with Gasteiger partial charge in [-0.3, -0.25) is 4.79 Å². The number of carbonyl (C=O) groups excluding carboxylic acids is 1. The number of ether oxygens (including phenoxy) is 1. The van der Waals surface area contributed by atoms with Crippen molar-refractivity contribution in [3.8, 4) is 5.75 Å². The summed E-state index contributed by atoms with van der Waals surface area (Å²) in [4.78, 5) is 12.0. The Morgan fingerprint density at radius 1 is 1.35 bits per heavy atom. The first-order valence-corrected chi connectivity index (χ1v) is 6.23. The number of ketones is 1. The summed E-state index contributed by atoms with van der Waals surface area (Å²) in [6, 6.07) is 6.27. The Morgan fingerprint density at radius 2 is 2.06 bits per heavy atom. The molecule has 17 heavy (non-hydrogen) atoms. The van der Waals surface area contributed by atoms with Crippen LogP contribution in [-0.2, 0) is 4.79 Å². The van der Waals surface area contributed by atoms with Gasteiger partial charge >= 0.3 is 0 Å². The van der Waals surface area contributed by atoms with Gasteiger partial charge in [0.2, 0.25) is 0 Å². The minimum absolute atomic E-state index is 0.191. The summed E-state index contributed by atoms with van der Waals surface area (Å²) < 4.78 is 5.94. The number of benzene rings is 1. The molecule has 1 heterocycles. The van der Waals surface area contributed by atoms with Crippen molar-refractivity contribution in [1.29, 1.82) is 0 Å². The molecule has 1 unspecified atom stereocenters. The molecule has 1 aromatic rings. The summed E-state index contributed by atoms with van der Waals surface area (Å²) >= 11 is 0. The topological polar surface area (TPSA) is 26.3 Å². The molecular weight excluding hydrogens is 212 g/mol. The summed E-state index contributed by atoms with van der Waals surface area (Å²) in [6.45, 7) is 7.92.